The maximum atomic E-state index is 5.64. The van der Waals surface area contributed by atoms with Crippen molar-refractivity contribution in [3.8, 4) is 0 Å². The van der Waals surface area contributed by atoms with Crippen molar-refractivity contribution >= 4 is 0 Å². The summed E-state index contributed by atoms with van der Waals surface area (Å²) in [5.74, 6) is 1.01. The molecule has 0 saturated carbocycles. The largest absolute Gasteiger partial charge is 0.331 e. The first-order valence-corrected chi connectivity index (χ1v) is 5.21. The van der Waals surface area contributed by atoms with E-state index in [1.165, 1.54) is 25.9 Å². The minimum Gasteiger partial charge on any atom is -0.331 e. The lowest BCUT2D eigenvalue weighted by Crippen LogP contribution is -2.32. The summed E-state index contributed by atoms with van der Waals surface area (Å²) in [5.41, 5.74) is 5.64. The average Bonchev–Trinajstić information content (AvgIpc) is 2.67. The summed E-state index contributed by atoms with van der Waals surface area (Å²) >= 11 is 0. The van der Waals surface area contributed by atoms with Crippen LogP contribution in [-0.2, 0) is 6.54 Å². The topological polar surface area (TPSA) is 47.1 Å². The Morgan fingerprint density at radius 2 is 2.21 bits per heavy atom. The molecular weight excluding hydrogens is 176 g/mol. The maximum Gasteiger partial charge on any atom is 0.122 e. The normalized spacial score (nSPS) is 20.1. The van der Waals surface area contributed by atoms with E-state index < -0.39 is 0 Å². The van der Waals surface area contributed by atoms with Crippen molar-refractivity contribution in [2.24, 2.45) is 5.73 Å². The molecule has 0 unspecified atom stereocenters. The number of imidazole rings is 1. The average molecular weight is 194 g/mol. The number of nitrogens with zero attached hydrogens (tertiary/aromatic N) is 3. The van der Waals surface area contributed by atoms with Crippen LogP contribution in [0.3, 0.4) is 0 Å². The number of aromatic nitrogens is 2. The van der Waals surface area contributed by atoms with Gasteiger partial charge in [0, 0.05) is 18.4 Å². The van der Waals surface area contributed by atoms with E-state index in [-0.39, 0.29) is 0 Å². The maximum absolute atomic E-state index is 5.64. The van der Waals surface area contributed by atoms with Crippen molar-refractivity contribution in [1.82, 2.24) is 14.5 Å². The molecule has 2 rings (SSSR count). The van der Waals surface area contributed by atoms with Crippen LogP contribution in [0.4, 0.5) is 0 Å². The minimum atomic E-state index is 0.541. The molecule has 4 nitrogen and oxygen atoms in total. The van der Waals surface area contributed by atoms with E-state index in [2.05, 4.69) is 27.7 Å². The van der Waals surface area contributed by atoms with Crippen LogP contribution < -0.4 is 5.73 Å². The molecular formula is C10H18N4. The lowest BCUT2D eigenvalue weighted by molar-refractivity contribution is 0.219. The van der Waals surface area contributed by atoms with Crippen LogP contribution in [0.5, 0.6) is 0 Å². The van der Waals surface area contributed by atoms with Gasteiger partial charge >= 0.3 is 0 Å². The van der Waals surface area contributed by atoms with Crippen molar-refractivity contribution < 1.29 is 0 Å². The molecule has 1 aromatic heterocycles. The van der Waals surface area contributed by atoms with Crippen LogP contribution in [0.15, 0.2) is 12.4 Å². The molecule has 0 radical (unpaired) electrons. The highest BCUT2D eigenvalue weighted by Crippen LogP contribution is 2.22. The summed E-state index contributed by atoms with van der Waals surface area (Å²) < 4.78 is 2.24. The van der Waals surface area contributed by atoms with E-state index in [4.69, 9.17) is 5.73 Å². The summed E-state index contributed by atoms with van der Waals surface area (Å²) in [4.78, 5) is 6.62. The molecule has 1 fully saturated rings. The summed E-state index contributed by atoms with van der Waals surface area (Å²) in [6, 6.07) is 0.604. The summed E-state index contributed by atoms with van der Waals surface area (Å²) in [7, 11) is 2.17. The number of rotatable bonds is 2. The highest BCUT2D eigenvalue weighted by molar-refractivity contribution is 4.95. The van der Waals surface area contributed by atoms with E-state index in [1.54, 1.807) is 0 Å². The smallest absolute Gasteiger partial charge is 0.122 e. The number of likely N-dealkylation sites (tertiary alicyclic amines) is 1. The second-order valence-corrected chi connectivity index (χ2v) is 3.99. The van der Waals surface area contributed by atoms with Crippen molar-refractivity contribution in [2.45, 2.75) is 25.4 Å². The number of hydrogen-bond donors (Lipinski definition) is 1. The van der Waals surface area contributed by atoms with Gasteiger partial charge in [-0.1, -0.05) is 0 Å². The van der Waals surface area contributed by atoms with Crippen LogP contribution in [-0.4, -0.2) is 34.6 Å². The second-order valence-electron chi connectivity index (χ2n) is 3.99. The Morgan fingerprint density at radius 3 is 2.86 bits per heavy atom. The van der Waals surface area contributed by atoms with Gasteiger partial charge in [-0.05, 0) is 33.0 Å². The molecule has 0 bridgehead atoms. The Morgan fingerprint density at radius 1 is 1.50 bits per heavy atom. The van der Waals surface area contributed by atoms with E-state index in [1.807, 2.05) is 6.20 Å². The third kappa shape index (κ3) is 1.81. The standard InChI is InChI=1S/C10H18N4/c1-13-5-2-9(3-6-13)14-7-4-12-10(14)8-11/h4,7,9H,2-3,5-6,8,11H2,1H3. The van der Waals surface area contributed by atoms with E-state index >= 15 is 0 Å². The van der Waals surface area contributed by atoms with Gasteiger partial charge in [-0.15, -0.1) is 0 Å². The molecule has 0 aliphatic carbocycles. The molecule has 0 spiro atoms. The minimum absolute atomic E-state index is 0.541. The van der Waals surface area contributed by atoms with Gasteiger partial charge in [-0.3, -0.25) is 0 Å². The molecule has 1 saturated heterocycles. The first kappa shape index (κ1) is 9.68. The second kappa shape index (κ2) is 4.11. The third-order valence-electron chi connectivity index (χ3n) is 3.01. The van der Waals surface area contributed by atoms with Gasteiger partial charge in [0.05, 0.1) is 6.54 Å². The first-order valence-electron chi connectivity index (χ1n) is 5.21. The van der Waals surface area contributed by atoms with E-state index in [9.17, 15) is 0 Å². The number of nitrogens with two attached hydrogens (primary N) is 1. The van der Waals surface area contributed by atoms with Crippen LogP contribution >= 0.6 is 0 Å². The van der Waals surface area contributed by atoms with Crippen molar-refractivity contribution in [1.29, 1.82) is 0 Å². The van der Waals surface area contributed by atoms with Crippen LogP contribution in [0, 0.1) is 0 Å². The molecule has 78 valence electrons. The van der Waals surface area contributed by atoms with Gasteiger partial charge in [-0.2, -0.15) is 0 Å². The van der Waals surface area contributed by atoms with Crippen LogP contribution in [0.25, 0.3) is 0 Å². The zero-order valence-electron chi connectivity index (χ0n) is 8.69. The van der Waals surface area contributed by atoms with Gasteiger partial charge in [0.25, 0.3) is 0 Å². The molecule has 0 aromatic carbocycles. The van der Waals surface area contributed by atoms with Crippen molar-refractivity contribution in [2.75, 3.05) is 20.1 Å². The fourth-order valence-corrected chi connectivity index (χ4v) is 2.11. The Hall–Kier alpha value is -0.870. The molecule has 1 aliphatic heterocycles. The lowest BCUT2D eigenvalue weighted by Gasteiger charge is -2.30. The molecule has 4 heteroatoms. The van der Waals surface area contributed by atoms with Crippen LogP contribution in [0.1, 0.15) is 24.7 Å². The SMILES string of the molecule is CN1CCC(n2ccnc2CN)CC1. The Balaban J connectivity index is 2.08. The van der Waals surface area contributed by atoms with E-state index in [0.717, 1.165) is 5.82 Å². The Kier molecular flexibility index (Phi) is 2.84. The highest BCUT2D eigenvalue weighted by atomic mass is 15.2. The van der Waals surface area contributed by atoms with Gasteiger partial charge < -0.3 is 15.2 Å². The Bertz CT molecular complexity index is 286. The monoisotopic (exact) mass is 194 g/mol. The highest BCUT2D eigenvalue weighted by Gasteiger charge is 2.19. The van der Waals surface area contributed by atoms with Gasteiger partial charge in [0.1, 0.15) is 5.82 Å². The predicted molar refractivity (Wildman–Crippen MR) is 55.9 cm³/mol. The third-order valence-corrected chi connectivity index (χ3v) is 3.01. The summed E-state index contributed by atoms with van der Waals surface area (Å²) in [6.45, 7) is 2.89. The van der Waals surface area contributed by atoms with Crippen molar-refractivity contribution in [3.05, 3.63) is 18.2 Å². The first-order chi connectivity index (χ1) is 6.81. The van der Waals surface area contributed by atoms with Crippen molar-refractivity contribution in [3.63, 3.8) is 0 Å². The predicted octanol–water partition coefficient (Wildman–Crippen LogP) is 0.608. The zero-order valence-corrected chi connectivity index (χ0v) is 8.69. The summed E-state index contributed by atoms with van der Waals surface area (Å²) in [6.07, 6.45) is 6.32. The lowest BCUT2D eigenvalue weighted by atomic mass is 10.1. The van der Waals surface area contributed by atoms with E-state index in [0.29, 0.717) is 12.6 Å². The number of hydrogen-bond acceptors (Lipinski definition) is 3. The summed E-state index contributed by atoms with van der Waals surface area (Å²) in [5, 5.41) is 0. The molecule has 14 heavy (non-hydrogen) atoms. The Labute approximate surface area is 84.7 Å². The molecule has 2 N–H and O–H groups in total. The van der Waals surface area contributed by atoms with Gasteiger partial charge in [-0.25, -0.2) is 4.98 Å². The molecule has 1 aliphatic rings. The van der Waals surface area contributed by atoms with Gasteiger partial charge in [0.2, 0.25) is 0 Å². The van der Waals surface area contributed by atoms with Gasteiger partial charge in [0.15, 0.2) is 0 Å². The molecule has 0 amide bonds. The van der Waals surface area contributed by atoms with Crippen LogP contribution in [0.2, 0.25) is 0 Å². The molecule has 2 heterocycles. The fourth-order valence-electron chi connectivity index (χ4n) is 2.11. The molecule has 1 aromatic rings. The molecule has 0 atom stereocenters. The fraction of sp³-hybridized carbons (Fsp3) is 0.700. The zero-order chi connectivity index (χ0) is 9.97. The quantitative estimate of drug-likeness (QED) is 0.750. The number of piperidine rings is 1.